The highest BCUT2D eigenvalue weighted by Crippen LogP contribution is 2.21. The lowest BCUT2D eigenvalue weighted by atomic mass is 10.1. The van der Waals surface area contributed by atoms with Crippen LogP contribution in [-0.2, 0) is 0 Å². The molecule has 0 spiro atoms. The van der Waals surface area contributed by atoms with Crippen molar-refractivity contribution < 1.29 is 4.74 Å². The van der Waals surface area contributed by atoms with E-state index in [2.05, 4.69) is 46.3 Å². The zero-order valence-corrected chi connectivity index (χ0v) is 13.4. The van der Waals surface area contributed by atoms with Gasteiger partial charge in [0.1, 0.15) is 5.75 Å². The second kappa shape index (κ2) is 6.89. The Hall–Kier alpha value is -2.92. The van der Waals surface area contributed by atoms with Crippen molar-refractivity contribution in [3.8, 4) is 17.6 Å². The minimum absolute atomic E-state index is 0.783. The number of hydrogen-bond acceptors (Lipinski definition) is 3. The molecule has 0 aliphatic rings. The third-order valence-electron chi connectivity index (χ3n) is 3.44. The summed E-state index contributed by atoms with van der Waals surface area (Å²) < 4.78 is 5.24. The molecular formula is C20H13NOS. The molecule has 0 fully saturated rings. The molecule has 0 N–H and O–H groups in total. The van der Waals surface area contributed by atoms with Gasteiger partial charge in [-0.1, -0.05) is 24.0 Å². The number of isothiocyanates is 1. The lowest BCUT2D eigenvalue weighted by Gasteiger charge is -2.02. The quantitative estimate of drug-likeness (QED) is 0.378. The molecule has 0 saturated carbocycles. The van der Waals surface area contributed by atoms with Crippen molar-refractivity contribution in [2.24, 2.45) is 4.99 Å². The van der Waals surface area contributed by atoms with Gasteiger partial charge in [0.15, 0.2) is 0 Å². The first-order valence-electron chi connectivity index (χ1n) is 7.06. The van der Waals surface area contributed by atoms with Gasteiger partial charge in [0.05, 0.1) is 18.0 Å². The van der Waals surface area contributed by atoms with Gasteiger partial charge in [-0.2, -0.15) is 4.99 Å². The van der Waals surface area contributed by atoms with Gasteiger partial charge in [-0.25, -0.2) is 0 Å². The van der Waals surface area contributed by atoms with Gasteiger partial charge in [-0.15, -0.1) is 0 Å². The van der Waals surface area contributed by atoms with E-state index in [1.807, 2.05) is 48.5 Å². The van der Waals surface area contributed by atoms with E-state index in [1.54, 1.807) is 7.11 Å². The molecule has 3 aromatic carbocycles. The van der Waals surface area contributed by atoms with E-state index in [-0.39, 0.29) is 0 Å². The summed E-state index contributed by atoms with van der Waals surface area (Å²) >= 11 is 4.58. The van der Waals surface area contributed by atoms with Crippen LogP contribution >= 0.6 is 12.2 Å². The predicted octanol–water partition coefficient (Wildman–Crippen LogP) is 4.98. The number of nitrogens with zero attached hydrogens (tertiary/aromatic N) is 1. The molecular weight excluding hydrogens is 302 g/mol. The van der Waals surface area contributed by atoms with Crippen molar-refractivity contribution in [3.63, 3.8) is 0 Å². The maximum atomic E-state index is 5.24. The third-order valence-corrected chi connectivity index (χ3v) is 3.53. The molecule has 0 amide bonds. The molecule has 3 rings (SSSR count). The molecule has 0 radical (unpaired) electrons. The Balaban J connectivity index is 1.88. The number of ether oxygens (including phenoxy) is 1. The van der Waals surface area contributed by atoms with Crippen LogP contribution in [0.4, 0.5) is 5.69 Å². The number of hydrogen-bond donors (Lipinski definition) is 0. The molecule has 2 nitrogen and oxygen atoms in total. The summed E-state index contributed by atoms with van der Waals surface area (Å²) in [5, 5.41) is 4.63. The van der Waals surface area contributed by atoms with Crippen molar-refractivity contribution >= 4 is 33.8 Å². The Morgan fingerprint density at radius 3 is 2.22 bits per heavy atom. The van der Waals surface area contributed by atoms with Crippen LogP contribution in [0.15, 0.2) is 65.7 Å². The highest BCUT2D eigenvalue weighted by molar-refractivity contribution is 7.78. The topological polar surface area (TPSA) is 21.6 Å². The third kappa shape index (κ3) is 3.64. The maximum Gasteiger partial charge on any atom is 0.119 e. The summed E-state index contributed by atoms with van der Waals surface area (Å²) in [5.41, 5.74) is 2.69. The first-order chi connectivity index (χ1) is 11.3. The van der Waals surface area contributed by atoms with E-state index in [0.717, 1.165) is 33.3 Å². The van der Waals surface area contributed by atoms with Crippen molar-refractivity contribution in [1.29, 1.82) is 0 Å². The van der Waals surface area contributed by atoms with Gasteiger partial charge < -0.3 is 4.74 Å². The van der Waals surface area contributed by atoms with Crippen LogP contribution in [0.5, 0.6) is 5.75 Å². The number of aliphatic imine (C=N–C) groups is 1. The second-order valence-corrected chi connectivity index (χ2v) is 5.11. The fourth-order valence-electron chi connectivity index (χ4n) is 2.24. The highest BCUT2D eigenvalue weighted by Gasteiger charge is 1.97. The van der Waals surface area contributed by atoms with Crippen molar-refractivity contribution in [2.45, 2.75) is 0 Å². The van der Waals surface area contributed by atoms with Crippen LogP contribution in [0.2, 0.25) is 0 Å². The van der Waals surface area contributed by atoms with E-state index >= 15 is 0 Å². The van der Waals surface area contributed by atoms with Gasteiger partial charge in [-0.05, 0) is 71.5 Å². The summed E-state index contributed by atoms with van der Waals surface area (Å²) in [6, 6.07) is 19.7. The molecule has 0 aliphatic carbocycles. The molecule has 110 valence electrons. The van der Waals surface area contributed by atoms with E-state index in [0.29, 0.717) is 0 Å². The number of methoxy groups -OCH3 is 1. The van der Waals surface area contributed by atoms with E-state index in [9.17, 15) is 0 Å². The Morgan fingerprint density at radius 1 is 0.826 bits per heavy atom. The minimum atomic E-state index is 0.783. The predicted molar refractivity (Wildman–Crippen MR) is 97.6 cm³/mol. The minimum Gasteiger partial charge on any atom is -0.497 e. The zero-order chi connectivity index (χ0) is 16.1. The molecule has 0 unspecified atom stereocenters. The molecule has 0 aliphatic heterocycles. The molecule has 0 saturated heterocycles. The standard InChI is InChI=1S/C20H13NOS/c1-22-20-11-8-17-12-16(4-7-18(17)13-20)3-2-15-5-9-19(10-6-15)21-14-23/h4-13H,1H3. The SMILES string of the molecule is COc1ccc2cc(C#Cc3ccc(N=C=S)cc3)ccc2c1. The number of fused-ring (bicyclic) bond motifs is 1. The first-order valence-corrected chi connectivity index (χ1v) is 7.47. The van der Waals surface area contributed by atoms with Gasteiger partial charge >= 0.3 is 0 Å². The molecule has 0 heterocycles. The van der Waals surface area contributed by atoms with Crippen molar-refractivity contribution in [3.05, 3.63) is 71.8 Å². The summed E-state index contributed by atoms with van der Waals surface area (Å²) in [6.45, 7) is 0. The number of rotatable bonds is 2. The molecule has 0 bridgehead atoms. The Bertz CT molecular complexity index is 958. The van der Waals surface area contributed by atoms with Crippen LogP contribution in [0.25, 0.3) is 10.8 Å². The summed E-state index contributed by atoms with van der Waals surface area (Å²) in [5.74, 6) is 7.20. The Morgan fingerprint density at radius 2 is 1.48 bits per heavy atom. The van der Waals surface area contributed by atoms with E-state index < -0.39 is 0 Å². The monoisotopic (exact) mass is 315 g/mol. The van der Waals surface area contributed by atoms with Crippen LogP contribution < -0.4 is 4.74 Å². The summed E-state index contributed by atoms with van der Waals surface area (Å²) in [6.07, 6.45) is 0. The van der Waals surface area contributed by atoms with E-state index in [4.69, 9.17) is 4.74 Å². The van der Waals surface area contributed by atoms with Crippen molar-refractivity contribution in [2.75, 3.05) is 7.11 Å². The largest absolute Gasteiger partial charge is 0.497 e. The van der Waals surface area contributed by atoms with Crippen LogP contribution in [0, 0.1) is 11.8 Å². The molecule has 0 aromatic heterocycles. The van der Waals surface area contributed by atoms with Gasteiger partial charge in [-0.3, -0.25) is 0 Å². The summed E-state index contributed by atoms with van der Waals surface area (Å²) in [4.78, 5) is 3.92. The number of thiocarbonyl (C=S) groups is 1. The maximum absolute atomic E-state index is 5.24. The highest BCUT2D eigenvalue weighted by atomic mass is 32.1. The molecule has 3 heteroatoms. The fourth-order valence-corrected chi connectivity index (χ4v) is 2.35. The van der Waals surface area contributed by atoms with Gasteiger partial charge in [0.25, 0.3) is 0 Å². The normalized spacial score (nSPS) is 9.61. The van der Waals surface area contributed by atoms with Crippen LogP contribution in [0.1, 0.15) is 11.1 Å². The molecule has 23 heavy (non-hydrogen) atoms. The molecule has 0 atom stereocenters. The smallest absolute Gasteiger partial charge is 0.119 e. The van der Waals surface area contributed by atoms with Crippen LogP contribution in [-0.4, -0.2) is 12.3 Å². The Labute approximate surface area is 140 Å². The Kier molecular flexibility index (Phi) is 4.49. The van der Waals surface area contributed by atoms with E-state index in [1.165, 1.54) is 0 Å². The lowest BCUT2D eigenvalue weighted by Crippen LogP contribution is -1.83. The summed E-state index contributed by atoms with van der Waals surface area (Å²) in [7, 11) is 1.67. The fraction of sp³-hybridized carbons (Fsp3) is 0.0500. The molecule has 3 aromatic rings. The second-order valence-electron chi connectivity index (χ2n) is 4.93. The van der Waals surface area contributed by atoms with Gasteiger partial charge in [0.2, 0.25) is 0 Å². The average Bonchev–Trinajstić information content (AvgIpc) is 2.61. The van der Waals surface area contributed by atoms with Crippen molar-refractivity contribution in [1.82, 2.24) is 0 Å². The number of benzene rings is 3. The van der Waals surface area contributed by atoms with Gasteiger partial charge in [0, 0.05) is 11.1 Å². The zero-order valence-electron chi connectivity index (χ0n) is 12.5. The average molecular weight is 315 g/mol. The van der Waals surface area contributed by atoms with Crippen LogP contribution in [0.3, 0.4) is 0 Å². The lowest BCUT2D eigenvalue weighted by molar-refractivity contribution is 0.415. The first kappa shape index (κ1) is 15.0.